The van der Waals surface area contributed by atoms with E-state index in [2.05, 4.69) is 10.3 Å². The lowest BCUT2D eigenvalue weighted by atomic mass is 10.1. The molecule has 5 nitrogen and oxygen atoms in total. The molecule has 0 radical (unpaired) electrons. The Balaban J connectivity index is 2.15. The molecule has 2 rings (SSSR count). The van der Waals surface area contributed by atoms with Crippen LogP contribution in [0.25, 0.3) is 0 Å². The van der Waals surface area contributed by atoms with Gasteiger partial charge in [0, 0.05) is 36.3 Å². The highest BCUT2D eigenvalue weighted by molar-refractivity contribution is 5.47. The Kier molecular flexibility index (Phi) is 3.52. The van der Waals surface area contributed by atoms with Gasteiger partial charge in [-0.15, -0.1) is 0 Å². The van der Waals surface area contributed by atoms with Crippen LogP contribution in [0.2, 0.25) is 0 Å². The fourth-order valence-electron chi connectivity index (χ4n) is 1.73. The largest absolute Gasteiger partial charge is 0.381 e. The van der Waals surface area contributed by atoms with Gasteiger partial charge < -0.3 is 5.32 Å². The second-order valence-electron chi connectivity index (χ2n) is 3.91. The number of rotatable bonds is 4. The van der Waals surface area contributed by atoms with Crippen LogP contribution in [0.5, 0.6) is 0 Å². The molecule has 0 aliphatic rings. The third kappa shape index (κ3) is 2.63. The van der Waals surface area contributed by atoms with E-state index in [9.17, 15) is 10.1 Å². The van der Waals surface area contributed by atoms with Gasteiger partial charge in [0.2, 0.25) is 0 Å². The van der Waals surface area contributed by atoms with Gasteiger partial charge in [0.25, 0.3) is 5.69 Å². The summed E-state index contributed by atoms with van der Waals surface area (Å²) < 4.78 is 0. The van der Waals surface area contributed by atoms with E-state index in [0.29, 0.717) is 12.1 Å². The standard InChI is InChI=1S/C13H13N3O2/c1-10-11(3-2-4-13(10)16(17)18)9-15-12-5-7-14-8-6-12/h2-8H,9H2,1H3,(H,14,15). The summed E-state index contributed by atoms with van der Waals surface area (Å²) in [4.78, 5) is 14.4. The van der Waals surface area contributed by atoms with Gasteiger partial charge in [-0.1, -0.05) is 12.1 Å². The van der Waals surface area contributed by atoms with E-state index in [4.69, 9.17) is 0 Å². The van der Waals surface area contributed by atoms with Crippen molar-refractivity contribution < 1.29 is 4.92 Å². The predicted molar refractivity (Wildman–Crippen MR) is 69.4 cm³/mol. The zero-order valence-electron chi connectivity index (χ0n) is 9.96. The molecule has 0 unspecified atom stereocenters. The Labute approximate surface area is 105 Å². The first-order valence-corrected chi connectivity index (χ1v) is 5.55. The van der Waals surface area contributed by atoms with Crippen molar-refractivity contribution in [1.82, 2.24) is 4.98 Å². The van der Waals surface area contributed by atoms with Crippen molar-refractivity contribution in [2.24, 2.45) is 0 Å². The maximum absolute atomic E-state index is 10.8. The smallest absolute Gasteiger partial charge is 0.272 e. The van der Waals surface area contributed by atoms with Gasteiger partial charge in [0.1, 0.15) is 0 Å². The van der Waals surface area contributed by atoms with Gasteiger partial charge in [-0.2, -0.15) is 0 Å². The monoisotopic (exact) mass is 243 g/mol. The molecule has 5 heteroatoms. The first-order valence-electron chi connectivity index (χ1n) is 5.55. The summed E-state index contributed by atoms with van der Waals surface area (Å²) in [5.74, 6) is 0. The molecule has 0 amide bonds. The summed E-state index contributed by atoms with van der Waals surface area (Å²) >= 11 is 0. The average molecular weight is 243 g/mol. The lowest BCUT2D eigenvalue weighted by Gasteiger charge is -2.08. The molecule has 1 aromatic heterocycles. The minimum Gasteiger partial charge on any atom is -0.381 e. The molecule has 18 heavy (non-hydrogen) atoms. The number of hydrogen-bond acceptors (Lipinski definition) is 4. The third-order valence-electron chi connectivity index (χ3n) is 2.78. The van der Waals surface area contributed by atoms with E-state index in [1.807, 2.05) is 18.2 Å². The van der Waals surface area contributed by atoms with Gasteiger partial charge in [-0.25, -0.2) is 0 Å². The molecule has 0 aliphatic carbocycles. The second-order valence-corrected chi connectivity index (χ2v) is 3.91. The fraction of sp³-hybridized carbons (Fsp3) is 0.154. The summed E-state index contributed by atoms with van der Waals surface area (Å²) in [5.41, 5.74) is 2.71. The van der Waals surface area contributed by atoms with E-state index in [0.717, 1.165) is 11.3 Å². The Hall–Kier alpha value is -2.43. The summed E-state index contributed by atoms with van der Waals surface area (Å²) in [6, 6.07) is 8.82. The normalized spacial score (nSPS) is 10.1. The number of pyridine rings is 1. The Bertz CT molecular complexity index is 555. The molecule has 2 aromatic rings. The molecule has 0 bridgehead atoms. The molecule has 0 spiro atoms. The van der Waals surface area contributed by atoms with Crippen LogP contribution in [-0.2, 0) is 6.54 Å². The minimum atomic E-state index is -0.356. The van der Waals surface area contributed by atoms with Crippen LogP contribution >= 0.6 is 0 Å². The molecular formula is C13H13N3O2. The molecule has 0 saturated heterocycles. The molecule has 0 fully saturated rings. The summed E-state index contributed by atoms with van der Waals surface area (Å²) in [7, 11) is 0. The SMILES string of the molecule is Cc1c(CNc2ccncc2)cccc1[N+](=O)[O-]. The third-order valence-corrected chi connectivity index (χ3v) is 2.78. The van der Waals surface area contributed by atoms with Gasteiger partial charge in [0.05, 0.1) is 4.92 Å². The number of nitrogens with zero attached hydrogens (tertiary/aromatic N) is 2. The zero-order chi connectivity index (χ0) is 13.0. The maximum Gasteiger partial charge on any atom is 0.272 e. The van der Waals surface area contributed by atoms with Gasteiger partial charge >= 0.3 is 0 Å². The topological polar surface area (TPSA) is 68.1 Å². The van der Waals surface area contributed by atoms with E-state index >= 15 is 0 Å². The highest BCUT2D eigenvalue weighted by Gasteiger charge is 2.12. The number of hydrogen-bond donors (Lipinski definition) is 1. The maximum atomic E-state index is 10.8. The Morgan fingerprint density at radius 1 is 1.28 bits per heavy atom. The Morgan fingerprint density at radius 3 is 2.67 bits per heavy atom. The number of nitro benzene ring substituents is 1. The highest BCUT2D eigenvalue weighted by atomic mass is 16.6. The van der Waals surface area contributed by atoms with Crippen molar-refractivity contribution in [2.75, 3.05) is 5.32 Å². The predicted octanol–water partition coefficient (Wildman–Crippen LogP) is 2.91. The molecule has 0 aliphatic heterocycles. The average Bonchev–Trinajstić information content (AvgIpc) is 2.38. The number of aromatic nitrogens is 1. The summed E-state index contributed by atoms with van der Waals surface area (Å²) in [6.07, 6.45) is 3.39. The van der Waals surface area contributed by atoms with Gasteiger partial charge in [0.15, 0.2) is 0 Å². The van der Waals surface area contributed by atoms with Crippen molar-refractivity contribution >= 4 is 11.4 Å². The van der Waals surface area contributed by atoms with Crippen molar-refractivity contribution in [3.63, 3.8) is 0 Å². The number of anilines is 1. The molecule has 1 heterocycles. The molecule has 1 N–H and O–H groups in total. The zero-order valence-corrected chi connectivity index (χ0v) is 9.96. The van der Waals surface area contributed by atoms with E-state index in [1.54, 1.807) is 25.4 Å². The van der Waals surface area contributed by atoms with Crippen LogP contribution in [0.15, 0.2) is 42.7 Å². The Morgan fingerprint density at radius 2 is 2.00 bits per heavy atom. The number of nitrogens with one attached hydrogen (secondary N) is 1. The first kappa shape index (κ1) is 12.0. The number of benzene rings is 1. The minimum absolute atomic E-state index is 0.157. The van der Waals surface area contributed by atoms with E-state index in [-0.39, 0.29) is 10.6 Å². The molecular weight excluding hydrogens is 230 g/mol. The quantitative estimate of drug-likeness (QED) is 0.662. The summed E-state index contributed by atoms with van der Waals surface area (Å²) in [5, 5.41) is 14.0. The van der Waals surface area contributed by atoms with Crippen LogP contribution in [0.3, 0.4) is 0 Å². The number of nitro groups is 1. The lowest BCUT2D eigenvalue weighted by Crippen LogP contribution is -2.03. The summed E-state index contributed by atoms with van der Waals surface area (Å²) in [6.45, 7) is 2.32. The van der Waals surface area contributed by atoms with Crippen LogP contribution in [0.1, 0.15) is 11.1 Å². The molecule has 0 saturated carbocycles. The molecule has 92 valence electrons. The fourth-order valence-corrected chi connectivity index (χ4v) is 1.73. The van der Waals surface area contributed by atoms with Crippen LogP contribution in [-0.4, -0.2) is 9.91 Å². The van der Waals surface area contributed by atoms with Crippen LogP contribution < -0.4 is 5.32 Å². The second kappa shape index (κ2) is 5.27. The van der Waals surface area contributed by atoms with Gasteiger partial charge in [-0.05, 0) is 24.6 Å². The molecule has 0 atom stereocenters. The van der Waals surface area contributed by atoms with Crippen molar-refractivity contribution in [3.05, 3.63) is 64.0 Å². The first-order chi connectivity index (χ1) is 8.68. The van der Waals surface area contributed by atoms with Crippen molar-refractivity contribution in [2.45, 2.75) is 13.5 Å². The lowest BCUT2D eigenvalue weighted by molar-refractivity contribution is -0.385. The molecule has 1 aromatic carbocycles. The van der Waals surface area contributed by atoms with E-state index in [1.165, 1.54) is 6.07 Å². The van der Waals surface area contributed by atoms with E-state index < -0.39 is 0 Å². The van der Waals surface area contributed by atoms with Crippen LogP contribution in [0, 0.1) is 17.0 Å². The highest BCUT2D eigenvalue weighted by Crippen LogP contribution is 2.21. The van der Waals surface area contributed by atoms with Crippen LogP contribution in [0.4, 0.5) is 11.4 Å². The van der Waals surface area contributed by atoms with Crippen molar-refractivity contribution in [3.8, 4) is 0 Å². The van der Waals surface area contributed by atoms with Crippen molar-refractivity contribution in [1.29, 1.82) is 0 Å². The van der Waals surface area contributed by atoms with Gasteiger partial charge in [-0.3, -0.25) is 15.1 Å².